The molecular formula is C8H12N4O. The summed E-state index contributed by atoms with van der Waals surface area (Å²) in [5.74, 6) is 0.205. The van der Waals surface area contributed by atoms with E-state index in [0.29, 0.717) is 5.82 Å². The molecule has 0 aliphatic rings. The number of amides is 1. The van der Waals surface area contributed by atoms with Crippen molar-refractivity contribution in [3.63, 3.8) is 0 Å². The molecule has 1 rings (SSSR count). The first-order valence-corrected chi connectivity index (χ1v) is 4.06. The number of hydrogen-bond acceptors (Lipinski definition) is 4. The highest BCUT2D eigenvalue weighted by Crippen LogP contribution is 2.06. The number of rotatable bonds is 3. The fourth-order valence-corrected chi connectivity index (χ4v) is 0.967. The zero-order chi connectivity index (χ0) is 9.84. The largest absolute Gasteiger partial charge is 0.383 e. The van der Waals surface area contributed by atoms with Gasteiger partial charge in [-0.1, -0.05) is 6.92 Å². The summed E-state index contributed by atoms with van der Waals surface area (Å²) >= 11 is 0. The van der Waals surface area contributed by atoms with Crippen LogP contribution in [0.15, 0.2) is 6.20 Å². The Morgan fingerprint density at radius 2 is 2.31 bits per heavy atom. The molecule has 1 aromatic heterocycles. The van der Waals surface area contributed by atoms with Gasteiger partial charge in [0.25, 0.3) is 5.91 Å². The summed E-state index contributed by atoms with van der Waals surface area (Å²) in [4.78, 5) is 18.7. The molecule has 0 atom stereocenters. The van der Waals surface area contributed by atoms with Gasteiger partial charge in [-0.15, -0.1) is 0 Å². The van der Waals surface area contributed by atoms with Crippen LogP contribution in [0.4, 0.5) is 5.82 Å². The molecule has 0 aliphatic heterocycles. The zero-order valence-electron chi connectivity index (χ0n) is 7.45. The van der Waals surface area contributed by atoms with Crippen LogP contribution in [0.2, 0.25) is 0 Å². The molecule has 0 unspecified atom stereocenters. The van der Waals surface area contributed by atoms with Crippen LogP contribution >= 0.6 is 0 Å². The van der Waals surface area contributed by atoms with Crippen molar-refractivity contribution >= 4 is 11.7 Å². The number of aryl methyl sites for hydroxylation is 1. The van der Waals surface area contributed by atoms with Gasteiger partial charge in [0.15, 0.2) is 0 Å². The fourth-order valence-electron chi connectivity index (χ4n) is 0.967. The van der Waals surface area contributed by atoms with E-state index in [1.165, 1.54) is 6.20 Å². The lowest BCUT2D eigenvalue weighted by molar-refractivity contribution is 0.100. The molecule has 5 heteroatoms. The van der Waals surface area contributed by atoms with Crippen LogP contribution < -0.4 is 11.5 Å². The molecule has 0 saturated heterocycles. The summed E-state index contributed by atoms with van der Waals surface area (Å²) in [6.07, 6.45) is 3.06. The Labute approximate surface area is 76.2 Å². The highest BCUT2D eigenvalue weighted by molar-refractivity contribution is 5.96. The van der Waals surface area contributed by atoms with Gasteiger partial charge in [0.1, 0.15) is 11.6 Å². The van der Waals surface area contributed by atoms with Crippen LogP contribution in [0.1, 0.15) is 29.5 Å². The minimum atomic E-state index is -0.597. The van der Waals surface area contributed by atoms with Crippen molar-refractivity contribution in [3.8, 4) is 0 Å². The van der Waals surface area contributed by atoms with Crippen molar-refractivity contribution in [1.82, 2.24) is 9.97 Å². The maximum absolute atomic E-state index is 10.8. The number of nitrogen functional groups attached to an aromatic ring is 1. The minimum Gasteiger partial charge on any atom is -0.383 e. The number of nitrogens with two attached hydrogens (primary N) is 2. The molecule has 5 nitrogen and oxygen atoms in total. The first kappa shape index (κ1) is 9.44. The molecule has 1 heterocycles. The molecule has 0 spiro atoms. The van der Waals surface area contributed by atoms with E-state index in [1.807, 2.05) is 6.92 Å². The van der Waals surface area contributed by atoms with E-state index in [9.17, 15) is 4.79 Å². The van der Waals surface area contributed by atoms with Gasteiger partial charge in [-0.05, 0) is 6.42 Å². The third kappa shape index (κ3) is 2.14. The van der Waals surface area contributed by atoms with Gasteiger partial charge in [-0.25, -0.2) is 9.97 Å². The van der Waals surface area contributed by atoms with E-state index in [0.717, 1.165) is 12.8 Å². The van der Waals surface area contributed by atoms with Crippen LogP contribution in [0, 0.1) is 0 Å². The standard InChI is InChI=1S/C8H12N4O/c1-2-3-6-11-4-5(8(10)13)7(9)12-6/h4H,2-3H2,1H3,(H2,10,13)(H2,9,11,12). The minimum absolute atomic E-state index is 0.158. The highest BCUT2D eigenvalue weighted by Gasteiger charge is 2.07. The van der Waals surface area contributed by atoms with Crippen LogP contribution in [-0.4, -0.2) is 15.9 Å². The SMILES string of the molecule is CCCc1ncc(C(N)=O)c(N)n1. The monoisotopic (exact) mass is 180 g/mol. The van der Waals surface area contributed by atoms with E-state index >= 15 is 0 Å². The first-order chi connectivity index (χ1) is 6.15. The number of nitrogens with zero attached hydrogens (tertiary/aromatic N) is 2. The van der Waals surface area contributed by atoms with Gasteiger partial charge in [0, 0.05) is 12.6 Å². The maximum atomic E-state index is 10.8. The number of carbonyl (C=O) groups is 1. The summed E-state index contributed by atoms with van der Waals surface area (Å²) in [7, 11) is 0. The van der Waals surface area contributed by atoms with Gasteiger partial charge < -0.3 is 11.5 Å². The zero-order valence-corrected chi connectivity index (χ0v) is 7.45. The van der Waals surface area contributed by atoms with E-state index in [-0.39, 0.29) is 11.4 Å². The summed E-state index contributed by atoms with van der Waals surface area (Å²) < 4.78 is 0. The molecule has 0 aromatic carbocycles. The Morgan fingerprint density at radius 1 is 1.62 bits per heavy atom. The number of primary amides is 1. The van der Waals surface area contributed by atoms with Crippen molar-refractivity contribution in [2.75, 3.05) is 5.73 Å². The Kier molecular flexibility index (Phi) is 2.79. The third-order valence-electron chi connectivity index (χ3n) is 1.61. The fraction of sp³-hybridized carbons (Fsp3) is 0.375. The number of anilines is 1. The molecule has 0 radical (unpaired) electrons. The van der Waals surface area contributed by atoms with Crippen LogP contribution in [0.5, 0.6) is 0 Å². The van der Waals surface area contributed by atoms with Crippen molar-refractivity contribution < 1.29 is 4.79 Å². The smallest absolute Gasteiger partial charge is 0.254 e. The molecule has 70 valence electrons. The van der Waals surface area contributed by atoms with Gasteiger partial charge in [-0.3, -0.25) is 4.79 Å². The Balaban J connectivity index is 2.98. The summed E-state index contributed by atoms with van der Waals surface area (Å²) in [6.45, 7) is 2.02. The molecular weight excluding hydrogens is 168 g/mol. The Morgan fingerprint density at radius 3 is 2.77 bits per heavy atom. The predicted molar refractivity (Wildman–Crippen MR) is 49.0 cm³/mol. The molecule has 13 heavy (non-hydrogen) atoms. The van der Waals surface area contributed by atoms with Crippen molar-refractivity contribution in [2.24, 2.45) is 5.73 Å². The quantitative estimate of drug-likeness (QED) is 0.690. The molecule has 0 bridgehead atoms. The lowest BCUT2D eigenvalue weighted by Crippen LogP contribution is -2.15. The molecule has 0 fully saturated rings. The number of carbonyl (C=O) groups excluding carboxylic acids is 1. The van der Waals surface area contributed by atoms with Gasteiger partial charge in [0.2, 0.25) is 0 Å². The van der Waals surface area contributed by atoms with Crippen LogP contribution in [0.3, 0.4) is 0 Å². The van der Waals surface area contributed by atoms with E-state index < -0.39 is 5.91 Å². The Bertz CT molecular complexity index is 324. The highest BCUT2D eigenvalue weighted by atomic mass is 16.1. The Hall–Kier alpha value is -1.65. The predicted octanol–water partition coefficient (Wildman–Crippen LogP) is 0.110. The number of aromatic nitrogens is 2. The normalized spacial score (nSPS) is 9.92. The van der Waals surface area contributed by atoms with Gasteiger partial charge >= 0.3 is 0 Å². The van der Waals surface area contributed by atoms with E-state index in [1.54, 1.807) is 0 Å². The second-order valence-electron chi connectivity index (χ2n) is 2.70. The second-order valence-corrected chi connectivity index (χ2v) is 2.70. The van der Waals surface area contributed by atoms with Crippen molar-refractivity contribution in [2.45, 2.75) is 19.8 Å². The maximum Gasteiger partial charge on any atom is 0.254 e. The van der Waals surface area contributed by atoms with Crippen LogP contribution in [-0.2, 0) is 6.42 Å². The van der Waals surface area contributed by atoms with E-state index in [2.05, 4.69) is 9.97 Å². The molecule has 0 aliphatic carbocycles. The third-order valence-corrected chi connectivity index (χ3v) is 1.61. The van der Waals surface area contributed by atoms with Crippen LogP contribution in [0.25, 0.3) is 0 Å². The van der Waals surface area contributed by atoms with Crippen molar-refractivity contribution in [3.05, 3.63) is 17.6 Å². The van der Waals surface area contributed by atoms with Gasteiger partial charge in [0.05, 0.1) is 5.56 Å². The molecule has 1 aromatic rings. The number of hydrogen-bond donors (Lipinski definition) is 2. The summed E-state index contributed by atoms with van der Waals surface area (Å²) in [5, 5.41) is 0. The summed E-state index contributed by atoms with van der Waals surface area (Å²) in [6, 6.07) is 0. The summed E-state index contributed by atoms with van der Waals surface area (Å²) in [5.41, 5.74) is 10.7. The lowest BCUT2D eigenvalue weighted by Gasteiger charge is -2.01. The topological polar surface area (TPSA) is 94.9 Å². The van der Waals surface area contributed by atoms with E-state index in [4.69, 9.17) is 11.5 Å². The average molecular weight is 180 g/mol. The van der Waals surface area contributed by atoms with Crippen molar-refractivity contribution in [1.29, 1.82) is 0 Å². The lowest BCUT2D eigenvalue weighted by atomic mass is 10.2. The second kappa shape index (κ2) is 3.84. The molecule has 0 saturated carbocycles. The van der Waals surface area contributed by atoms with Gasteiger partial charge in [-0.2, -0.15) is 0 Å². The molecule has 1 amide bonds. The molecule has 4 N–H and O–H groups in total. The first-order valence-electron chi connectivity index (χ1n) is 4.06. The average Bonchev–Trinajstić information content (AvgIpc) is 2.04.